The van der Waals surface area contributed by atoms with Crippen LogP contribution in [0.3, 0.4) is 0 Å². The molecular formula is C14H15NO3. The number of esters is 1. The van der Waals surface area contributed by atoms with Crippen LogP contribution in [0.5, 0.6) is 0 Å². The lowest BCUT2D eigenvalue weighted by Crippen LogP contribution is -2.32. The molecule has 0 aliphatic carbocycles. The molecule has 1 atom stereocenters. The Hall–Kier alpha value is -1.84. The smallest absolute Gasteiger partial charge is 0.313 e. The fourth-order valence-corrected chi connectivity index (χ4v) is 2.83. The van der Waals surface area contributed by atoms with Crippen molar-refractivity contribution in [1.29, 1.82) is 0 Å². The summed E-state index contributed by atoms with van der Waals surface area (Å²) < 4.78 is 6.84. The van der Waals surface area contributed by atoms with Gasteiger partial charge in [-0.1, -0.05) is 19.1 Å². The summed E-state index contributed by atoms with van der Waals surface area (Å²) in [5.41, 5.74) is 3.48. The van der Waals surface area contributed by atoms with Gasteiger partial charge in [0, 0.05) is 18.7 Å². The molecule has 0 fully saturated rings. The molecule has 0 saturated heterocycles. The summed E-state index contributed by atoms with van der Waals surface area (Å²) in [5.74, 6) is -0.507. The molecule has 4 nitrogen and oxygen atoms in total. The first-order valence-electron chi connectivity index (χ1n) is 6.20. The van der Waals surface area contributed by atoms with Crippen molar-refractivity contribution in [2.75, 3.05) is 0 Å². The van der Waals surface area contributed by atoms with Crippen LogP contribution in [0.1, 0.15) is 36.1 Å². The summed E-state index contributed by atoms with van der Waals surface area (Å²) in [7, 11) is 0. The van der Waals surface area contributed by atoms with Gasteiger partial charge >= 0.3 is 5.97 Å². The Bertz CT molecular complexity index is 612. The molecule has 0 spiro atoms. The predicted molar refractivity (Wildman–Crippen MR) is 66.4 cm³/mol. The average molecular weight is 245 g/mol. The van der Waals surface area contributed by atoms with E-state index in [1.807, 2.05) is 13.0 Å². The quantitative estimate of drug-likeness (QED) is 0.556. The van der Waals surface area contributed by atoms with Crippen LogP contribution in [0, 0.1) is 0 Å². The third kappa shape index (κ3) is 1.45. The number of cyclic esters (lactones) is 1. The van der Waals surface area contributed by atoms with Gasteiger partial charge in [-0.05, 0) is 18.1 Å². The second-order valence-electron chi connectivity index (χ2n) is 4.96. The Morgan fingerprint density at radius 1 is 1.50 bits per heavy atom. The third-order valence-electron chi connectivity index (χ3n) is 3.76. The number of ether oxygens (including phenoxy) is 1. The summed E-state index contributed by atoms with van der Waals surface area (Å²) in [4.78, 5) is 24.1. The first kappa shape index (κ1) is 11.3. The molecule has 94 valence electrons. The Labute approximate surface area is 105 Å². The van der Waals surface area contributed by atoms with Crippen molar-refractivity contribution in [3.63, 3.8) is 0 Å². The van der Waals surface area contributed by atoms with Crippen LogP contribution in [-0.2, 0) is 29.1 Å². The van der Waals surface area contributed by atoms with Gasteiger partial charge in [0.15, 0.2) is 0 Å². The van der Waals surface area contributed by atoms with Crippen LogP contribution < -0.4 is 5.56 Å². The average Bonchev–Trinajstić information content (AvgIpc) is 2.70. The molecule has 0 radical (unpaired) electrons. The lowest BCUT2D eigenvalue weighted by molar-refractivity contribution is -0.148. The van der Waals surface area contributed by atoms with Gasteiger partial charge in [-0.15, -0.1) is 0 Å². The van der Waals surface area contributed by atoms with Gasteiger partial charge in [0.1, 0.15) is 6.61 Å². The molecule has 0 amide bonds. The maximum absolute atomic E-state index is 12.3. The van der Waals surface area contributed by atoms with Crippen LogP contribution in [0.4, 0.5) is 0 Å². The van der Waals surface area contributed by atoms with Crippen LogP contribution in [0.25, 0.3) is 0 Å². The highest BCUT2D eigenvalue weighted by molar-refractivity contribution is 5.80. The van der Waals surface area contributed by atoms with E-state index in [9.17, 15) is 9.59 Å². The lowest BCUT2D eigenvalue weighted by atomic mass is 9.90. The number of aromatic nitrogens is 1. The zero-order valence-electron chi connectivity index (χ0n) is 10.4. The number of hydrogen-bond donors (Lipinski definition) is 0. The normalized spacial score (nSPS) is 21.5. The maximum atomic E-state index is 12.3. The van der Waals surface area contributed by atoms with Crippen molar-refractivity contribution in [2.24, 2.45) is 0 Å². The molecule has 3 heterocycles. The summed E-state index contributed by atoms with van der Waals surface area (Å²) in [6.45, 7) is 6.57. The van der Waals surface area contributed by atoms with Crippen LogP contribution >= 0.6 is 0 Å². The highest BCUT2D eigenvalue weighted by Crippen LogP contribution is 2.30. The summed E-state index contributed by atoms with van der Waals surface area (Å²) in [6.07, 6.45) is 1.39. The number of pyridine rings is 1. The van der Waals surface area contributed by atoms with Crippen molar-refractivity contribution in [3.8, 4) is 0 Å². The zero-order chi connectivity index (χ0) is 12.9. The van der Waals surface area contributed by atoms with Crippen molar-refractivity contribution in [3.05, 3.63) is 45.4 Å². The number of carbonyl (C=O) groups excluding carboxylic acids is 1. The molecule has 1 aromatic heterocycles. The first-order chi connectivity index (χ1) is 8.61. The molecule has 1 aromatic rings. The number of allylic oxidation sites excluding steroid dienone is 1. The van der Waals surface area contributed by atoms with Crippen LogP contribution in [0.15, 0.2) is 23.0 Å². The lowest BCUT2D eigenvalue weighted by Gasteiger charge is -2.24. The molecule has 0 aromatic carbocycles. The molecular weight excluding hydrogens is 230 g/mol. The molecule has 2 aliphatic rings. The fourth-order valence-electron chi connectivity index (χ4n) is 2.83. The van der Waals surface area contributed by atoms with E-state index in [4.69, 9.17) is 4.74 Å². The van der Waals surface area contributed by atoms with Gasteiger partial charge < -0.3 is 9.30 Å². The Kier molecular flexibility index (Phi) is 2.40. The highest BCUT2D eigenvalue weighted by Gasteiger charge is 2.32. The van der Waals surface area contributed by atoms with Crippen molar-refractivity contribution in [2.45, 2.75) is 38.8 Å². The molecule has 1 unspecified atom stereocenters. The van der Waals surface area contributed by atoms with Gasteiger partial charge in [0.05, 0.1) is 11.5 Å². The minimum Gasteiger partial charge on any atom is -0.460 e. The van der Waals surface area contributed by atoms with E-state index < -0.39 is 0 Å². The van der Waals surface area contributed by atoms with Gasteiger partial charge in [0.25, 0.3) is 5.56 Å². The molecule has 18 heavy (non-hydrogen) atoms. The predicted octanol–water partition coefficient (Wildman–Crippen LogP) is 1.51. The van der Waals surface area contributed by atoms with E-state index in [1.165, 1.54) is 0 Å². The zero-order valence-corrected chi connectivity index (χ0v) is 10.4. The number of hydrogen-bond acceptors (Lipinski definition) is 3. The van der Waals surface area contributed by atoms with Gasteiger partial charge in [0.2, 0.25) is 0 Å². The maximum Gasteiger partial charge on any atom is 0.313 e. The van der Waals surface area contributed by atoms with E-state index in [2.05, 4.69) is 6.58 Å². The largest absolute Gasteiger partial charge is 0.460 e. The molecule has 4 heteroatoms. The minimum absolute atomic E-state index is 0.0212. The van der Waals surface area contributed by atoms with Gasteiger partial charge in [-0.2, -0.15) is 0 Å². The van der Waals surface area contributed by atoms with E-state index in [0.717, 1.165) is 23.3 Å². The monoisotopic (exact) mass is 245 g/mol. The first-order valence-corrected chi connectivity index (χ1v) is 6.20. The van der Waals surface area contributed by atoms with E-state index in [0.29, 0.717) is 18.5 Å². The fraction of sp³-hybridized carbons (Fsp3) is 0.429. The summed E-state index contributed by atoms with van der Waals surface area (Å²) in [6, 6.07) is 1.99. The van der Waals surface area contributed by atoms with Crippen LogP contribution in [-0.4, -0.2) is 10.5 Å². The Balaban J connectivity index is 2.22. The molecule has 0 bridgehead atoms. The number of nitrogens with zero attached hydrogens (tertiary/aromatic N) is 1. The third-order valence-corrected chi connectivity index (χ3v) is 3.76. The number of fused-ring (bicyclic) bond motifs is 2. The second-order valence-corrected chi connectivity index (χ2v) is 4.96. The number of carbonyl (C=O) groups is 1. The second kappa shape index (κ2) is 3.83. The summed E-state index contributed by atoms with van der Waals surface area (Å²) in [5, 5.41) is 0. The van der Waals surface area contributed by atoms with Gasteiger partial charge in [-0.25, -0.2) is 0 Å². The molecule has 0 saturated carbocycles. The Morgan fingerprint density at radius 2 is 2.28 bits per heavy atom. The van der Waals surface area contributed by atoms with E-state index in [-0.39, 0.29) is 24.1 Å². The highest BCUT2D eigenvalue weighted by atomic mass is 16.5. The Morgan fingerprint density at radius 3 is 3.00 bits per heavy atom. The van der Waals surface area contributed by atoms with Crippen molar-refractivity contribution in [1.82, 2.24) is 4.57 Å². The molecule has 2 aliphatic heterocycles. The van der Waals surface area contributed by atoms with Crippen molar-refractivity contribution < 1.29 is 9.53 Å². The standard InChI is InChI=1S/C14H15NO3/c1-3-10-11-5-9-4-8(2)6-15(9)13(16)12(11)7-18-14(10)17/h5,10H,2-4,6-7H2,1H3. The summed E-state index contributed by atoms with van der Waals surface area (Å²) >= 11 is 0. The topological polar surface area (TPSA) is 48.3 Å². The SMILES string of the molecule is C=C1Cc2cc3c(c(=O)n2C1)COC(=O)C3CC. The minimum atomic E-state index is -0.291. The van der Waals surface area contributed by atoms with Crippen LogP contribution in [0.2, 0.25) is 0 Å². The number of rotatable bonds is 1. The molecule has 0 N–H and O–H groups in total. The van der Waals surface area contributed by atoms with Gasteiger partial charge in [-0.3, -0.25) is 9.59 Å². The van der Waals surface area contributed by atoms with E-state index in [1.54, 1.807) is 4.57 Å². The van der Waals surface area contributed by atoms with Crippen molar-refractivity contribution >= 4 is 5.97 Å². The molecule has 3 rings (SSSR count). The van der Waals surface area contributed by atoms with E-state index >= 15 is 0 Å².